The third-order valence-corrected chi connectivity index (χ3v) is 1.30. The van der Waals surface area contributed by atoms with Crippen LogP contribution in [0.3, 0.4) is 0 Å². The second kappa shape index (κ2) is 1.17. The number of nitrogens with one attached hydrogen (secondary N) is 1. The fraction of sp³-hybridized carbons (Fsp3) is 0. The maximum Gasteiger partial charge on any atom is 0.0423 e. The third kappa shape index (κ3) is 0.448. The minimum atomic E-state index is 0.509. The van der Waals surface area contributed by atoms with Crippen molar-refractivity contribution in [3.63, 3.8) is 0 Å². The van der Waals surface area contributed by atoms with Crippen LogP contribution in [0.25, 0.3) is 0 Å². The molecule has 2 heteroatoms. The van der Waals surface area contributed by atoms with Gasteiger partial charge < -0.3 is 4.98 Å². The molecule has 0 unspecified atom stereocenters. The predicted octanol–water partition coefficient (Wildman–Crippen LogP) is 0.0851. The van der Waals surface area contributed by atoms with Gasteiger partial charge in [0.1, 0.15) is 0 Å². The molecule has 5 heavy (non-hydrogen) atoms. The summed E-state index contributed by atoms with van der Waals surface area (Å²) in [5, 5.41) is 0. The van der Waals surface area contributed by atoms with E-state index in [9.17, 15) is 0 Å². The summed E-state index contributed by atoms with van der Waals surface area (Å²) >= 11 is 0. The molecule has 0 aliphatic rings. The van der Waals surface area contributed by atoms with Gasteiger partial charge in [-0.2, -0.15) is 0 Å². The summed E-state index contributed by atoms with van der Waals surface area (Å²) in [6, 6.07) is 0. The van der Waals surface area contributed by atoms with Crippen molar-refractivity contribution in [3.05, 3.63) is 17.7 Å². The minimum Gasteiger partial charge on any atom is -0.372 e. The first-order chi connectivity index (χ1) is 2.50. The molecule has 0 saturated carbocycles. The van der Waals surface area contributed by atoms with Crippen LogP contribution in [-0.4, -0.2) is 14.1 Å². The molecule has 1 nitrogen and oxygen atoms in total. The molecule has 0 aliphatic heterocycles. The fourth-order valence-electron chi connectivity index (χ4n) is 0.278. The lowest BCUT2D eigenvalue weighted by Crippen LogP contribution is -1.46. The normalized spacial score (nSPS) is 8.00. The van der Waals surface area contributed by atoms with E-state index in [1.165, 1.54) is 0 Å². The van der Waals surface area contributed by atoms with Crippen LogP contribution in [0.2, 0.25) is 0 Å². The third-order valence-electron chi connectivity index (χ3n) is 0.496. The summed E-state index contributed by atoms with van der Waals surface area (Å²) in [7, 11) is 0.509. The Bertz CT molecular complexity index is 63.4. The van der Waals surface area contributed by atoms with Gasteiger partial charge in [-0.1, -0.05) is 5.68 Å². The molecule has 0 radical (unpaired) electrons. The number of rotatable bonds is 0. The van der Waals surface area contributed by atoms with Gasteiger partial charge in [0, 0.05) is 9.12 Å². The van der Waals surface area contributed by atoms with Crippen molar-refractivity contribution in [2.75, 3.05) is 0 Å². The molecule has 0 atom stereocenters. The van der Waals surface area contributed by atoms with Gasteiger partial charge in [0.25, 0.3) is 0 Å². The average Bonchev–Trinajstić information content (AvgIpc) is 1.76. The molecule has 1 rings (SSSR count). The van der Waals surface area contributed by atoms with Gasteiger partial charge in [-0.25, -0.2) is 0 Å². The van der Waals surface area contributed by atoms with Gasteiger partial charge in [-0.3, -0.25) is 0 Å². The number of H-pyrrole nitrogens is 1. The van der Waals surface area contributed by atoms with Crippen LogP contribution >= 0.6 is 0 Å². The van der Waals surface area contributed by atoms with E-state index in [4.69, 9.17) is 0 Å². The molecule has 1 N–H and O–H groups in total. The fourth-order valence-corrected chi connectivity index (χ4v) is 0.833. The van der Waals surface area contributed by atoms with Gasteiger partial charge in [0.2, 0.25) is 0 Å². The standard InChI is InChI=1S/C3H5NSi/c1-2-5-3-4-1/h1-5H. The minimum absolute atomic E-state index is 0.509. The average molecular weight is 83.2 g/mol. The van der Waals surface area contributed by atoms with E-state index < -0.39 is 0 Å². The first-order valence-electron chi connectivity index (χ1n) is 1.58. The van der Waals surface area contributed by atoms with Crippen LogP contribution < -0.4 is 0 Å². The predicted molar refractivity (Wildman–Crippen MR) is 23.5 cm³/mol. The Hall–Kier alpha value is -0.373. The first-order valence-corrected chi connectivity index (χ1v) is 2.91. The second-order valence-corrected chi connectivity index (χ2v) is 1.99. The molecule has 0 spiro atoms. The number of aromatic nitrogens is 1. The Morgan fingerprint density at radius 2 is 2.60 bits per heavy atom. The van der Waals surface area contributed by atoms with Crippen LogP contribution in [0.5, 0.6) is 0 Å². The lowest BCUT2D eigenvalue weighted by molar-refractivity contribution is 1.43. The molecule has 0 saturated heterocycles. The Labute approximate surface area is 32.8 Å². The molecular formula is C3H5NSi. The SMILES string of the molecule is c1c[siH]c[nH]1. The monoisotopic (exact) mass is 83.0 g/mol. The van der Waals surface area contributed by atoms with Crippen LogP contribution in [0.1, 0.15) is 0 Å². The van der Waals surface area contributed by atoms with E-state index in [0.717, 1.165) is 0 Å². The van der Waals surface area contributed by atoms with Crippen LogP contribution in [0.15, 0.2) is 17.7 Å². The topological polar surface area (TPSA) is 15.8 Å². The lowest BCUT2D eigenvalue weighted by Gasteiger charge is -1.49. The van der Waals surface area contributed by atoms with Crippen LogP contribution in [0.4, 0.5) is 0 Å². The van der Waals surface area contributed by atoms with E-state index in [1.807, 2.05) is 6.20 Å². The van der Waals surface area contributed by atoms with Crippen molar-refractivity contribution in [1.82, 2.24) is 4.98 Å². The van der Waals surface area contributed by atoms with E-state index in [1.54, 1.807) is 0 Å². The summed E-state index contributed by atoms with van der Waals surface area (Å²) in [4.78, 5) is 2.95. The number of hydrogen-bond donors (Lipinski definition) is 1. The Balaban J connectivity index is 3.13. The van der Waals surface area contributed by atoms with Crippen LogP contribution in [-0.2, 0) is 0 Å². The molecule has 26 valence electrons. The smallest absolute Gasteiger partial charge is 0.0423 e. The van der Waals surface area contributed by atoms with E-state index >= 15 is 0 Å². The van der Waals surface area contributed by atoms with Gasteiger partial charge in [0.05, 0.1) is 0 Å². The van der Waals surface area contributed by atoms with Gasteiger partial charge in [-0.15, -0.1) is 0 Å². The van der Waals surface area contributed by atoms with Crippen molar-refractivity contribution < 1.29 is 0 Å². The second-order valence-electron chi connectivity index (χ2n) is 0.885. The largest absolute Gasteiger partial charge is 0.372 e. The molecular weight excluding hydrogens is 78.1 g/mol. The van der Waals surface area contributed by atoms with E-state index in [0.29, 0.717) is 9.12 Å². The number of aromatic amines is 1. The van der Waals surface area contributed by atoms with Crippen molar-refractivity contribution in [1.29, 1.82) is 0 Å². The van der Waals surface area contributed by atoms with Crippen molar-refractivity contribution in [3.8, 4) is 0 Å². The zero-order valence-electron chi connectivity index (χ0n) is 2.81. The van der Waals surface area contributed by atoms with Crippen molar-refractivity contribution in [2.45, 2.75) is 0 Å². The summed E-state index contributed by atoms with van der Waals surface area (Å²) in [6.45, 7) is 0. The Kier molecular flexibility index (Phi) is 0.665. The summed E-state index contributed by atoms with van der Waals surface area (Å²) in [5.74, 6) is 2.08. The Morgan fingerprint density at radius 3 is 2.80 bits per heavy atom. The molecule has 0 aromatic carbocycles. The van der Waals surface area contributed by atoms with Gasteiger partial charge >= 0.3 is 0 Å². The maximum atomic E-state index is 2.95. The summed E-state index contributed by atoms with van der Waals surface area (Å²) in [6.07, 6.45) is 1.97. The molecule has 1 aromatic rings. The molecule has 1 heterocycles. The van der Waals surface area contributed by atoms with Crippen molar-refractivity contribution in [2.24, 2.45) is 0 Å². The highest BCUT2D eigenvalue weighted by molar-refractivity contribution is 6.26. The van der Waals surface area contributed by atoms with Crippen molar-refractivity contribution >= 4 is 9.12 Å². The highest BCUT2D eigenvalue weighted by Gasteiger charge is 1.56. The quantitative estimate of drug-likeness (QED) is 0.428. The molecule has 0 aliphatic carbocycles. The summed E-state index contributed by atoms with van der Waals surface area (Å²) in [5.41, 5.74) is 2.15. The molecule has 0 fully saturated rings. The highest BCUT2D eigenvalue weighted by atomic mass is 28.2. The van der Waals surface area contributed by atoms with E-state index in [-0.39, 0.29) is 0 Å². The zero-order valence-corrected chi connectivity index (χ0v) is 3.96. The highest BCUT2D eigenvalue weighted by Crippen LogP contribution is 1.61. The molecule has 1 aromatic heterocycles. The zero-order chi connectivity index (χ0) is 3.54. The van der Waals surface area contributed by atoms with E-state index in [2.05, 4.69) is 16.5 Å². The van der Waals surface area contributed by atoms with Gasteiger partial charge in [0.15, 0.2) is 0 Å². The summed E-state index contributed by atoms with van der Waals surface area (Å²) < 4.78 is 0. The first kappa shape index (κ1) is 2.84. The number of hydrogen-bond acceptors (Lipinski definition) is 0. The lowest BCUT2D eigenvalue weighted by atomic mass is 11.0. The maximum absolute atomic E-state index is 2.95. The van der Waals surface area contributed by atoms with Crippen LogP contribution in [0, 0.1) is 0 Å². The Morgan fingerprint density at radius 1 is 1.60 bits per heavy atom. The molecule has 0 bridgehead atoms. The van der Waals surface area contributed by atoms with Gasteiger partial charge in [-0.05, 0) is 12.0 Å². The molecule has 0 amide bonds.